The highest BCUT2D eigenvalue weighted by Crippen LogP contribution is 2.28. The molecule has 0 atom stereocenters. The molecule has 2 nitrogen and oxygen atoms in total. The average molecular weight is 313 g/mol. The van der Waals surface area contributed by atoms with Gasteiger partial charge < -0.3 is 5.32 Å². The molecule has 3 rings (SSSR count). The molecule has 0 saturated heterocycles. The largest absolute Gasteiger partial charge is 0.355 e. The second-order valence-electron chi connectivity index (χ2n) is 4.77. The van der Waals surface area contributed by atoms with Gasteiger partial charge >= 0.3 is 0 Å². The standard InChI is InChI=1S/C16H13BrN2/c17-16-9-15(7-5-13(16)10-18)19-14-6-4-11-2-1-3-12(11)8-14/h4-9,19H,1-3H2. The first-order chi connectivity index (χ1) is 9.26. The highest BCUT2D eigenvalue weighted by atomic mass is 79.9. The molecule has 19 heavy (non-hydrogen) atoms. The van der Waals surface area contributed by atoms with E-state index in [9.17, 15) is 0 Å². The number of nitrogens with zero attached hydrogens (tertiary/aromatic N) is 1. The molecule has 0 aromatic heterocycles. The Hall–Kier alpha value is -1.79. The van der Waals surface area contributed by atoms with Crippen molar-refractivity contribution in [1.82, 2.24) is 0 Å². The van der Waals surface area contributed by atoms with E-state index in [-0.39, 0.29) is 0 Å². The number of benzene rings is 2. The van der Waals surface area contributed by atoms with Gasteiger partial charge in [-0.1, -0.05) is 6.07 Å². The number of fused-ring (bicyclic) bond motifs is 1. The molecule has 0 spiro atoms. The predicted octanol–water partition coefficient (Wildman–Crippen LogP) is 4.55. The van der Waals surface area contributed by atoms with Crippen molar-refractivity contribution in [3.05, 3.63) is 57.6 Å². The molecule has 0 heterocycles. The van der Waals surface area contributed by atoms with Crippen molar-refractivity contribution in [1.29, 1.82) is 5.26 Å². The van der Waals surface area contributed by atoms with Crippen LogP contribution in [0.1, 0.15) is 23.1 Å². The van der Waals surface area contributed by atoms with Crippen LogP contribution >= 0.6 is 15.9 Å². The Kier molecular flexibility index (Phi) is 3.27. The summed E-state index contributed by atoms with van der Waals surface area (Å²) in [6.07, 6.45) is 3.65. The molecule has 2 aromatic rings. The van der Waals surface area contributed by atoms with Crippen LogP contribution in [0.25, 0.3) is 0 Å². The maximum Gasteiger partial charge on any atom is 0.100 e. The van der Waals surface area contributed by atoms with Gasteiger partial charge in [0.2, 0.25) is 0 Å². The summed E-state index contributed by atoms with van der Waals surface area (Å²) in [7, 11) is 0. The molecular weight excluding hydrogens is 300 g/mol. The molecule has 3 heteroatoms. The van der Waals surface area contributed by atoms with Gasteiger partial charge in [-0.05, 0) is 76.7 Å². The molecule has 0 unspecified atom stereocenters. The van der Waals surface area contributed by atoms with Gasteiger partial charge in [0.1, 0.15) is 6.07 Å². The first-order valence-corrected chi connectivity index (χ1v) is 7.14. The van der Waals surface area contributed by atoms with Gasteiger partial charge in [0.05, 0.1) is 5.56 Å². The van der Waals surface area contributed by atoms with Gasteiger partial charge in [0.25, 0.3) is 0 Å². The monoisotopic (exact) mass is 312 g/mol. The van der Waals surface area contributed by atoms with Gasteiger partial charge in [-0.2, -0.15) is 5.26 Å². The first-order valence-electron chi connectivity index (χ1n) is 6.35. The van der Waals surface area contributed by atoms with Crippen molar-refractivity contribution in [2.24, 2.45) is 0 Å². The van der Waals surface area contributed by atoms with Crippen LogP contribution < -0.4 is 5.32 Å². The van der Waals surface area contributed by atoms with Gasteiger partial charge in [-0.25, -0.2) is 0 Å². The van der Waals surface area contributed by atoms with Gasteiger partial charge in [0.15, 0.2) is 0 Å². The van der Waals surface area contributed by atoms with E-state index >= 15 is 0 Å². The van der Waals surface area contributed by atoms with Crippen molar-refractivity contribution in [3.8, 4) is 6.07 Å². The predicted molar refractivity (Wildman–Crippen MR) is 80.6 cm³/mol. The Bertz CT molecular complexity index is 662. The second-order valence-corrected chi connectivity index (χ2v) is 5.62. The number of nitrogens with one attached hydrogen (secondary N) is 1. The summed E-state index contributed by atoms with van der Waals surface area (Å²) < 4.78 is 0.821. The molecule has 2 aromatic carbocycles. The number of hydrogen-bond acceptors (Lipinski definition) is 2. The van der Waals surface area contributed by atoms with Crippen molar-refractivity contribution in [3.63, 3.8) is 0 Å². The summed E-state index contributed by atoms with van der Waals surface area (Å²) in [4.78, 5) is 0. The highest BCUT2D eigenvalue weighted by molar-refractivity contribution is 9.10. The maximum atomic E-state index is 8.90. The second kappa shape index (κ2) is 5.07. The van der Waals surface area contributed by atoms with Crippen LogP contribution in [0.3, 0.4) is 0 Å². The lowest BCUT2D eigenvalue weighted by Gasteiger charge is -2.09. The Labute approximate surface area is 121 Å². The van der Waals surface area contributed by atoms with E-state index in [1.54, 1.807) is 0 Å². The van der Waals surface area contributed by atoms with E-state index in [0.717, 1.165) is 15.8 Å². The molecule has 0 radical (unpaired) electrons. The topological polar surface area (TPSA) is 35.8 Å². The number of anilines is 2. The molecule has 0 saturated carbocycles. The SMILES string of the molecule is N#Cc1ccc(Nc2ccc3c(c2)CCC3)cc1Br. The van der Waals surface area contributed by atoms with Crippen molar-refractivity contribution in [2.45, 2.75) is 19.3 Å². The molecule has 1 aliphatic carbocycles. The molecule has 0 aliphatic heterocycles. The van der Waals surface area contributed by atoms with Crippen LogP contribution in [0.15, 0.2) is 40.9 Å². The zero-order valence-electron chi connectivity index (χ0n) is 10.4. The van der Waals surface area contributed by atoms with Crippen molar-refractivity contribution in [2.75, 3.05) is 5.32 Å². The third-order valence-electron chi connectivity index (χ3n) is 3.48. The van der Waals surface area contributed by atoms with Crippen molar-refractivity contribution < 1.29 is 0 Å². The fourth-order valence-electron chi connectivity index (χ4n) is 2.50. The van der Waals surface area contributed by atoms with Crippen LogP contribution in [-0.2, 0) is 12.8 Å². The van der Waals surface area contributed by atoms with E-state index in [0.29, 0.717) is 5.56 Å². The maximum absolute atomic E-state index is 8.90. The summed E-state index contributed by atoms with van der Waals surface area (Å²) in [5.74, 6) is 0. The van der Waals surface area contributed by atoms with E-state index in [1.807, 2.05) is 18.2 Å². The highest BCUT2D eigenvalue weighted by Gasteiger charge is 2.10. The smallest absolute Gasteiger partial charge is 0.100 e. The van der Waals surface area contributed by atoms with Gasteiger partial charge in [-0.15, -0.1) is 0 Å². The summed E-state index contributed by atoms with van der Waals surface area (Å²) in [5, 5.41) is 12.3. The zero-order valence-corrected chi connectivity index (χ0v) is 12.0. The van der Waals surface area contributed by atoms with Crippen LogP contribution in [0.5, 0.6) is 0 Å². The lowest BCUT2D eigenvalue weighted by Crippen LogP contribution is -1.93. The average Bonchev–Trinajstić information content (AvgIpc) is 2.86. The molecule has 94 valence electrons. The minimum absolute atomic E-state index is 0.652. The molecule has 1 N–H and O–H groups in total. The fourth-order valence-corrected chi connectivity index (χ4v) is 2.97. The van der Waals surface area contributed by atoms with E-state index < -0.39 is 0 Å². The normalized spacial score (nSPS) is 12.8. The zero-order chi connectivity index (χ0) is 13.2. The van der Waals surface area contributed by atoms with E-state index in [2.05, 4.69) is 45.5 Å². The minimum Gasteiger partial charge on any atom is -0.355 e. The molecule has 1 aliphatic rings. The number of rotatable bonds is 2. The number of nitriles is 1. The van der Waals surface area contributed by atoms with Gasteiger partial charge in [0, 0.05) is 15.8 Å². The Balaban J connectivity index is 1.85. The first kappa shape index (κ1) is 12.3. The Morgan fingerprint density at radius 3 is 2.53 bits per heavy atom. The summed E-state index contributed by atoms with van der Waals surface area (Å²) in [6, 6.07) is 14.4. The summed E-state index contributed by atoms with van der Waals surface area (Å²) >= 11 is 3.41. The number of halogens is 1. The van der Waals surface area contributed by atoms with Crippen LogP contribution in [0.2, 0.25) is 0 Å². The lowest BCUT2D eigenvalue weighted by molar-refractivity contribution is 0.912. The van der Waals surface area contributed by atoms with E-state index in [4.69, 9.17) is 5.26 Å². The van der Waals surface area contributed by atoms with Crippen molar-refractivity contribution >= 4 is 27.3 Å². The molecule has 0 bridgehead atoms. The third kappa shape index (κ3) is 2.50. The molecular formula is C16H13BrN2. The number of hydrogen-bond donors (Lipinski definition) is 1. The van der Waals surface area contributed by atoms with Crippen LogP contribution in [0.4, 0.5) is 11.4 Å². The fraction of sp³-hybridized carbons (Fsp3) is 0.188. The van der Waals surface area contributed by atoms with Crippen LogP contribution in [-0.4, -0.2) is 0 Å². The third-order valence-corrected chi connectivity index (χ3v) is 4.13. The summed E-state index contributed by atoms with van der Waals surface area (Å²) in [5.41, 5.74) is 5.69. The van der Waals surface area contributed by atoms with Crippen LogP contribution in [0, 0.1) is 11.3 Å². The van der Waals surface area contributed by atoms with E-state index in [1.165, 1.54) is 30.4 Å². The molecule has 0 amide bonds. The Morgan fingerprint density at radius 1 is 1.00 bits per heavy atom. The molecule has 0 fully saturated rings. The van der Waals surface area contributed by atoms with Gasteiger partial charge in [-0.3, -0.25) is 0 Å². The summed E-state index contributed by atoms with van der Waals surface area (Å²) in [6.45, 7) is 0. The number of aryl methyl sites for hydroxylation is 2. The lowest BCUT2D eigenvalue weighted by atomic mass is 10.1. The minimum atomic E-state index is 0.652. The Morgan fingerprint density at radius 2 is 1.74 bits per heavy atom. The quantitative estimate of drug-likeness (QED) is 0.882.